The molecular formula is C18H20N6O. The fourth-order valence-corrected chi connectivity index (χ4v) is 2.61. The zero-order valence-electron chi connectivity index (χ0n) is 13.9. The minimum absolute atomic E-state index is 0.0281. The smallest absolute Gasteiger partial charge is 0.259 e. The summed E-state index contributed by atoms with van der Waals surface area (Å²) < 4.78 is 1.83. The largest absolute Gasteiger partial charge is 0.383 e. The van der Waals surface area contributed by atoms with Gasteiger partial charge in [0.15, 0.2) is 0 Å². The van der Waals surface area contributed by atoms with Crippen LogP contribution < -0.4 is 16.4 Å². The van der Waals surface area contributed by atoms with E-state index >= 15 is 0 Å². The summed E-state index contributed by atoms with van der Waals surface area (Å²) in [4.78, 5) is 16.3. The Morgan fingerprint density at radius 2 is 2.04 bits per heavy atom. The van der Waals surface area contributed by atoms with Crippen LogP contribution in [-0.2, 0) is 0 Å². The second kappa shape index (κ2) is 7.59. The number of likely N-dealkylation sites (N-methyl/N-ethyl adjacent to an activating group) is 1. The van der Waals surface area contributed by atoms with Crippen molar-refractivity contribution in [1.82, 2.24) is 20.1 Å². The number of amides is 1. The average molecular weight is 336 g/mol. The van der Waals surface area contributed by atoms with E-state index in [1.165, 1.54) is 0 Å². The van der Waals surface area contributed by atoms with E-state index in [1.54, 1.807) is 30.7 Å². The van der Waals surface area contributed by atoms with Crippen molar-refractivity contribution in [3.05, 3.63) is 72.2 Å². The molecular weight excluding hydrogens is 316 g/mol. The van der Waals surface area contributed by atoms with Crippen LogP contribution in [0, 0.1) is 0 Å². The molecule has 0 radical (unpaired) electrons. The Bertz CT molecular complexity index is 846. The lowest BCUT2D eigenvalue weighted by atomic mass is 10.1. The number of carbonyl (C=O) groups excluding carboxylic acids is 1. The van der Waals surface area contributed by atoms with Crippen molar-refractivity contribution in [1.29, 1.82) is 0 Å². The molecule has 0 aliphatic rings. The second-order valence-corrected chi connectivity index (χ2v) is 5.58. The third kappa shape index (κ3) is 3.84. The van der Waals surface area contributed by atoms with Crippen LogP contribution in [0.1, 0.15) is 22.0 Å². The zero-order chi connectivity index (χ0) is 17.6. The van der Waals surface area contributed by atoms with Crippen molar-refractivity contribution in [2.24, 2.45) is 0 Å². The molecule has 3 aromatic rings. The second-order valence-electron chi connectivity index (χ2n) is 5.58. The van der Waals surface area contributed by atoms with E-state index in [9.17, 15) is 4.79 Å². The lowest BCUT2D eigenvalue weighted by Gasteiger charge is -2.17. The number of pyridine rings is 1. The number of carbonyl (C=O) groups is 1. The van der Waals surface area contributed by atoms with E-state index in [1.807, 2.05) is 29.9 Å². The summed E-state index contributed by atoms with van der Waals surface area (Å²) in [6.45, 7) is 0.717. The molecule has 7 nitrogen and oxygen atoms in total. The molecule has 0 bridgehead atoms. The molecule has 1 atom stereocenters. The molecule has 0 saturated carbocycles. The third-order valence-electron chi connectivity index (χ3n) is 3.84. The number of nitrogens with two attached hydrogens (primary N) is 1. The quantitative estimate of drug-likeness (QED) is 0.639. The van der Waals surface area contributed by atoms with E-state index in [0.717, 1.165) is 5.56 Å². The number of rotatable bonds is 6. The Hall–Kier alpha value is -3.19. The van der Waals surface area contributed by atoms with Gasteiger partial charge in [-0.05, 0) is 24.7 Å². The number of hydrogen-bond donors (Lipinski definition) is 3. The van der Waals surface area contributed by atoms with Crippen LogP contribution in [0.25, 0.3) is 0 Å². The van der Waals surface area contributed by atoms with Crippen molar-refractivity contribution in [3.8, 4) is 0 Å². The van der Waals surface area contributed by atoms with Crippen LogP contribution in [0.5, 0.6) is 0 Å². The minimum atomic E-state index is -0.310. The first-order valence-electron chi connectivity index (χ1n) is 7.94. The first-order valence-corrected chi connectivity index (χ1v) is 7.94. The molecule has 1 aromatic carbocycles. The van der Waals surface area contributed by atoms with Gasteiger partial charge in [0, 0.05) is 18.9 Å². The average Bonchev–Trinajstić information content (AvgIpc) is 3.08. The Kier molecular flexibility index (Phi) is 5.06. The summed E-state index contributed by atoms with van der Waals surface area (Å²) in [5, 5.41) is 10.4. The number of benzene rings is 1. The van der Waals surface area contributed by atoms with Gasteiger partial charge in [-0.25, -0.2) is 4.98 Å². The highest BCUT2D eigenvalue weighted by Gasteiger charge is 2.16. The van der Waals surface area contributed by atoms with Crippen molar-refractivity contribution in [2.75, 3.05) is 24.6 Å². The lowest BCUT2D eigenvalue weighted by Crippen LogP contribution is -2.23. The van der Waals surface area contributed by atoms with Crippen LogP contribution in [-0.4, -0.2) is 34.3 Å². The normalized spacial score (nSPS) is 11.9. The topological polar surface area (TPSA) is 97.9 Å². The number of nitrogens with one attached hydrogen (secondary N) is 2. The molecule has 0 saturated heterocycles. The van der Waals surface area contributed by atoms with Gasteiger partial charge < -0.3 is 16.4 Å². The minimum Gasteiger partial charge on any atom is -0.383 e. The van der Waals surface area contributed by atoms with E-state index < -0.39 is 0 Å². The third-order valence-corrected chi connectivity index (χ3v) is 3.84. The Labute approximate surface area is 145 Å². The van der Waals surface area contributed by atoms with Gasteiger partial charge >= 0.3 is 0 Å². The summed E-state index contributed by atoms with van der Waals surface area (Å²) in [5.41, 5.74) is 7.82. The molecule has 0 fully saturated rings. The molecule has 7 heteroatoms. The van der Waals surface area contributed by atoms with Crippen LogP contribution in [0.3, 0.4) is 0 Å². The fourth-order valence-electron chi connectivity index (χ4n) is 2.61. The number of nitrogens with zero attached hydrogens (tertiary/aromatic N) is 3. The molecule has 128 valence electrons. The van der Waals surface area contributed by atoms with Crippen molar-refractivity contribution < 1.29 is 4.79 Å². The summed E-state index contributed by atoms with van der Waals surface area (Å²) in [5.74, 6) is -0.111. The van der Waals surface area contributed by atoms with E-state index in [2.05, 4.69) is 32.8 Å². The van der Waals surface area contributed by atoms with Crippen LogP contribution in [0.2, 0.25) is 0 Å². The van der Waals surface area contributed by atoms with Gasteiger partial charge in [0.25, 0.3) is 5.91 Å². The summed E-state index contributed by atoms with van der Waals surface area (Å²) >= 11 is 0. The first kappa shape index (κ1) is 16.7. The van der Waals surface area contributed by atoms with Gasteiger partial charge in [-0.3, -0.25) is 9.48 Å². The number of aromatic nitrogens is 3. The van der Waals surface area contributed by atoms with Gasteiger partial charge in [0.2, 0.25) is 0 Å². The summed E-state index contributed by atoms with van der Waals surface area (Å²) in [6.07, 6.45) is 4.97. The van der Waals surface area contributed by atoms with Gasteiger partial charge in [-0.15, -0.1) is 0 Å². The molecule has 0 spiro atoms. The Morgan fingerprint density at radius 3 is 2.76 bits per heavy atom. The van der Waals surface area contributed by atoms with Crippen molar-refractivity contribution >= 4 is 17.4 Å². The van der Waals surface area contributed by atoms with E-state index in [-0.39, 0.29) is 17.8 Å². The molecule has 0 aliphatic carbocycles. The maximum Gasteiger partial charge on any atom is 0.259 e. The molecule has 1 unspecified atom stereocenters. The fraction of sp³-hybridized carbons (Fsp3) is 0.167. The van der Waals surface area contributed by atoms with E-state index in [4.69, 9.17) is 5.73 Å². The Balaban J connectivity index is 1.79. The maximum absolute atomic E-state index is 12.3. The molecule has 2 heterocycles. The van der Waals surface area contributed by atoms with Gasteiger partial charge in [-0.2, -0.15) is 5.10 Å². The van der Waals surface area contributed by atoms with Crippen molar-refractivity contribution in [3.63, 3.8) is 0 Å². The summed E-state index contributed by atoms with van der Waals surface area (Å²) in [7, 11) is 1.90. The molecule has 2 aromatic heterocycles. The zero-order valence-corrected chi connectivity index (χ0v) is 13.9. The molecule has 3 rings (SSSR count). The predicted octanol–water partition coefficient (Wildman–Crippen LogP) is 1.92. The maximum atomic E-state index is 12.3. The number of nitrogen functional groups attached to an aromatic ring is 1. The monoisotopic (exact) mass is 336 g/mol. The van der Waals surface area contributed by atoms with Crippen molar-refractivity contribution in [2.45, 2.75) is 6.04 Å². The SMILES string of the molecule is CNCC(c1ccccc1)n1cc(NC(=O)c2cccnc2N)cn1. The highest BCUT2D eigenvalue weighted by atomic mass is 16.1. The summed E-state index contributed by atoms with van der Waals surface area (Å²) in [6, 6.07) is 13.4. The standard InChI is InChI=1S/C18H20N6O/c1-20-11-16(13-6-3-2-4-7-13)24-12-14(10-22-24)23-18(25)15-8-5-9-21-17(15)19/h2-10,12,16,20H,11H2,1H3,(H2,19,21)(H,23,25). The van der Waals surface area contributed by atoms with Gasteiger partial charge in [0.1, 0.15) is 5.82 Å². The number of hydrogen-bond acceptors (Lipinski definition) is 5. The highest BCUT2D eigenvalue weighted by Crippen LogP contribution is 2.19. The Morgan fingerprint density at radius 1 is 1.24 bits per heavy atom. The lowest BCUT2D eigenvalue weighted by molar-refractivity contribution is 0.102. The number of anilines is 2. The van der Waals surface area contributed by atoms with Gasteiger partial charge in [-0.1, -0.05) is 30.3 Å². The van der Waals surface area contributed by atoms with Gasteiger partial charge in [0.05, 0.1) is 23.5 Å². The molecule has 25 heavy (non-hydrogen) atoms. The molecule has 4 N–H and O–H groups in total. The van der Waals surface area contributed by atoms with Crippen LogP contribution >= 0.6 is 0 Å². The predicted molar refractivity (Wildman–Crippen MR) is 97.3 cm³/mol. The first-order chi connectivity index (χ1) is 12.2. The van der Waals surface area contributed by atoms with Crippen LogP contribution in [0.4, 0.5) is 11.5 Å². The highest BCUT2D eigenvalue weighted by molar-refractivity contribution is 6.07. The molecule has 0 aliphatic heterocycles. The molecule has 1 amide bonds. The van der Waals surface area contributed by atoms with E-state index in [0.29, 0.717) is 17.8 Å². The van der Waals surface area contributed by atoms with Crippen LogP contribution in [0.15, 0.2) is 61.1 Å².